The van der Waals surface area contributed by atoms with E-state index in [-0.39, 0.29) is 5.97 Å². The van der Waals surface area contributed by atoms with Crippen molar-refractivity contribution < 1.29 is 9.53 Å². The van der Waals surface area contributed by atoms with Crippen molar-refractivity contribution in [1.29, 1.82) is 0 Å². The Morgan fingerprint density at radius 3 is 2.88 bits per heavy atom. The van der Waals surface area contributed by atoms with Gasteiger partial charge >= 0.3 is 5.97 Å². The maximum absolute atomic E-state index is 11.4. The number of aromatic nitrogens is 2. The summed E-state index contributed by atoms with van der Waals surface area (Å²) >= 11 is 0. The van der Waals surface area contributed by atoms with Gasteiger partial charge in [0.15, 0.2) is 0 Å². The molecule has 0 aliphatic carbocycles. The summed E-state index contributed by atoms with van der Waals surface area (Å²) in [4.78, 5) is 11.4. The van der Waals surface area contributed by atoms with Crippen molar-refractivity contribution in [2.75, 3.05) is 7.11 Å². The molecule has 0 aliphatic rings. The topological polar surface area (TPSA) is 44.1 Å². The lowest BCUT2D eigenvalue weighted by molar-refractivity contribution is 0.0601. The molecule has 1 aromatic heterocycles. The van der Waals surface area contributed by atoms with Crippen LogP contribution in [0.3, 0.4) is 0 Å². The average Bonchev–Trinajstić information content (AvgIpc) is 2.64. The fourth-order valence-electron chi connectivity index (χ4n) is 1.84. The molecule has 0 bridgehead atoms. The lowest BCUT2D eigenvalue weighted by atomic mass is 10.1. The fourth-order valence-corrected chi connectivity index (χ4v) is 1.84. The molecule has 0 spiro atoms. The van der Waals surface area contributed by atoms with Crippen molar-refractivity contribution >= 4 is 16.9 Å². The number of fused-ring (bicyclic) bond motifs is 1. The van der Waals surface area contributed by atoms with E-state index >= 15 is 0 Å². The summed E-state index contributed by atoms with van der Waals surface area (Å²) in [6.07, 6.45) is 0.849. The first-order chi connectivity index (χ1) is 7.67. The Morgan fingerprint density at radius 1 is 1.50 bits per heavy atom. The molecule has 0 N–H and O–H groups in total. The number of aryl methyl sites for hydroxylation is 2. The summed E-state index contributed by atoms with van der Waals surface area (Å²) < 4.78 is 6.53. The lowest BCUT2D eigenvalue weighted by Crippen LogP contribution is -2.00. The zero-order chi connectivity index (χ0) is 11.7. The van der Waals surface area contributed by atoms with Gasteiger partial charge in [0.2, 0.25) is 0 Å². The van der Waals surface area contributed by atoms with Gasteiger partial charge < -0.3 is 4.74 Å². The van der Waals surface area contributed by atoms with Gasteiger partial charge in [-0.2, -0.15) is 5.10 Å². The van der Waals surface area contributed by atoms with Crippen molar-refractivity contribution in [2.45, 2.75) is 13.3 Å². The summed E-state index contributed by atoms with van der Waals surface area (Å²) in [6, 6.07) is 5.50. The molecule has 0 fully saturated rings. The van der Waals surface area contributed by atoms with Gasteiger partial charge in [-0.15, -0.1) is 0 Å². The summed E-state index contributed by atoms with van der Waals surface area (Å²) in [7, 11) is 3.29. The average molecular weight is 218 g/mol. The van der Waals surface area contributed by atoms with Gasteiger partial charge in [-0.1, -0.05) is 6.92 Å². The highest BCUT2D eigenvalue weighted by molar-refractivity contribution is 5.95. The molecule has 0 aliphatic heterocycles. The second-order valence-electron chi connectivity index (χ2n) is 3.65. The standard InChI is InChI=1S/C12H14N2O2/c1-4-10-9-7-8(12(15)16-3)5-6-11(9)14(2)13-10/h5-7H,4H2,1-3H3. The number of nitrogens with zero attached hydrogens (tertiary/aromatic N) is 2. The quantitative estimate of drug-likeness (QED) is 0.723. The third-order valence-electron chi connectivity index (χ3n) is 2.68. The molecule has 0 amide bonds. The van der Waals surface area contributed by atoms with Gasteiger partial charge in [-0.05, 0) is 24.6 Å². The van der Waals surface area contributed by atoms with Crippen LogP contribution in [0.2, 0.25) is 0 Å². The van der Waals surface area contributed by atoms with Crippen molar-refractivity contribution in [1.82, 2.24) is 9.78 Å². The molecule has 4 heteroatoms. The first-order valence-corrected chi connectivity index (χ1v) is 5.21. The van der Waals surface area contributed by atoms with E-state index in [4.69, 9.17) is 4.74 Å². The molecule has 2 rings (SSSR count). The molecule has 1 aromatic carbocycles. The Labute approximate surface area is 93.8 Å². The molecule has 4 nitrogen and oxygen atoms in total. The molecule has 0 saturated carbocycles. The molecule has 0 saturated heterocycles. The summed E-state index contributed by atoms with van der Waals surface area (Å²) in [5, 5.41) is 5.42. The van der Waals surface area contributed by atoms with Crippen molar-refractivity contribution in [3.63, 3.8) is 0 Å². The fraction of sp³-hybridized carbons (Fsp3) is 0.333. The number of carbonyl (C=O) groups excluding carboxylic acids is 1. The van der Waals surface area contributed by atoms with E-state index in [1.54, 1.807) is 6.07 Å². The Balaban J connectivity index is 2.64. The molecule has 2 aromatic rings. The van der Waals surface area contributed by atoms with E-state index in [2.05, 4.69) is 5.10 Å². The van der Waals surface area contributed by atoms with Gasteiger partial charge in [0.25, 0.3) is 0 Å². The third kappa shape index (κ3) is 1.56. The highest BCUT2D eigenvalue weighted by Crippen LogP contribution is 2.20. The highest BCUT2D eigenvalue weighted by Gasteiger charge is 2.11. The second-order valence-corrected chi connectivity index (χ2v) is 3.65. The van der Waals surface area contributed by atoms with Crippen molar-refractivity contribution in [2.24, 2.45) is 7.05 Å². The minimum Gasteiger partial charge on any atom is -0.465 e. The summed E-state index contributed by atoms with van der Waals surface area (Å²) in [5.41, 5.74) is 2.60. The Bertz CT molecular complexity index is 543. The van der Waals surface area contributed by atoms with E-state index in [0.29, 0.717) is 5.56 Å². The molecule has 0 atom stereocenters. The number of esters is 1. The number of benzene rings is 1. The Kier molecular flexibility index (Phi) is 2.64. The van der Waals surface area contributed by atoms with Crippen molar-refractivity contribution in [3.05, 3.63) is 29.5 Å². The maximum Gasteiger partial charge on any atom is 0.337 e. The SMILES string of the molecule is CCc1nn(C)c2ccc(C(=O)OC)cc12. The van der Waals surface area contributed by atoms with Crippen LogP contribution in [0.15, 0.2) is 18.2 Å². The minimum absolute atomic E-state index is 0.312. The van der Waals surface area contributed by atoms with E-state index in [1.807, 2.05) is 30.8 Å². The number of methoxy groups -OCH3 is 1. The van der Waals surface area contributed by atoms with Crippen LogP contribution < -0.4 is 0 Å². The van der Waals surface area contributed by atoms with Crippen LogP contribution in [0.4, 0.5) is 0 Å². The van der Waals surface area contributed by atoms with Crippen LogP contribution in [0, 0.1) is 0 Å². The molecular formula is C12H14N2O2. The van der Waals surface area contributed by atoms with Crippen LogP contribution in [-0.2, 0) is 18.2 Å². The largest absolute Gasteiger partial charge is 0.465 e. The molecule has 16 heavy (non-hydrogen) atoms. The molecule has 84 valence electrons. The summed E-state index contributed by atoms with van der Waals surface area (Å²) in [5.74, 6) is -0.312. The van der Waals surface area contributed by atoms with Gasteiger partial charge in [0, 0.05) is 12.4 Å². The normalized spacial score (nSPS) is 10.7. The second kappa shape index (κ2) is 3.96. The van der Waals surface area contributed by atoms with Crippen molar-refractivity contribution in [3.8, 4) is 0 Å². The van der Waals surface area contributed by atoms with E-state index < -0.39 is 0 Å². The van der Waals surface area contributed by atoms with Crippen LogP contribution >= 0.6 is 0 Å². The predicted octanol–water partition coefficient (Wildman–Crippen LogP) is 1.92. The molecular weight excluding hydrogens is 204 g/mol. The zero-order valence-corrected chi connectivity index (χ0v) is 9.65. The minimum atomic E-state index is -0.312. The van der Waals surface area contributed by atoms with Crippen LogP contribution in [0.5, 0.6) is 0 Å². The Hall–Kier alpha value is -1.84. The summed E-state index contributed by atoms with van der Waals surface area (Å²) in [6.45, 7) is 2.05. The predicted molar refractivity (Wildman–Crippen MR) is 61.4 cm³/mol. The monoisotopic (exact) mass is 218 g/mol. The number of hydrogen-bond donors (Lipinski definition) is 0. The molecule has 1 heterocycles. The van der Waals surface area contributed by atoms with E-state index in [0.717, 1.165) is 23.0 Å². The maximum atomic E-state index is 11.4. The number of carbonyl (C=O) groups is 1. The van der Waals surface area contributed by atoms with E-state index in [1.165, 1.54) is 7.11 Å². The van der Waals surface area contributed by atoms with Gasteiger partial charge in [-0.25, -0.2) is 4.79 Å². The Morgan fingerprint density at radius 2 is 2.25 bits per heavy atom. The molecule has 0 radical (unpaired) electrons. The highest BCUT2D eigenvalue weighted by atomic mass is 16.5. The lowest BCUT2D eigenvalue weighted by Gasteiger charge is -2.00. The van der Waals surface area contributed by atoms with Gasteiger partial charge in [0.05, 0.1) is 23.9 Å². The zero-order valence-electron chi connectivity index (χ0n) is 9.65. The first-order valence-electron chi connectivity index (χ1n) is 5.21. The van der Waals surface area contributed by atoms with E-state index in [9.17, 15) is 4.79 Å². The van der Waals surface area contributed by atoms with Crippen LogP contribution in [0.1, 0.15) is 23.0 Å². The first kappa shape index (κ1) is 10.7. The van der Waals surface area contributed by atoms with Crippen LogP contribution in [-0.4, -0.2) is 22.9 Å². The third-order valence-corrected chi connectivity index (χ3v) is 2.68. The number of hydrogen-bond acceptors (Lipinski definition) is 3. The van der Waals surface area contributed by atoms with Gasteiger partial charge in [0.1, 0.15) is 0 Å². The molecule has 0 unspecified atom stereocenters. The smallest absolute Gasteiger partial charge is 0.337 e. The number of ether oxygens (including phenoxy) is 1. The number of rotatable bonds is 2. The van der Waals surface area contributed by atoms with Crippen LogP contribution in [0.25, 0.3) is 10.9 Å². The van der Waals surface area contributed by atoms with Gasteiger partial charge in [-0.3, -0.25) is 4.68 Å².